The lowest BCUT2D eigenvalue weighted by molar-refractivity contribution is -0.115. The molecule has 1 aliphatic rings. The number of carbonyl (C=O) groups is 1. The largest absolute Gasteiger partial charge is 0.326 e. The van der Waals surface area contributed by atoms with E-state index in [0.717, 1.165) is 16.9 Å². The molecule has 1 aliphatic heterocycles. The smallest absolute Gasteiger partial charge is 0.244 e. The van der Waals surface area contributed by atoms with Crippen molar-refractivity contribution in [3.63, 3.8) is 0 Å². The van der Waals surface area contributed by atoms with Crippen LogP contribution in [0.25, 0.3) is 0 Å². The summed E-state index contributed by atoms with van der Waals surface area (Å²) in [5, 5.41) is 3.32. The highest BCUT2D eigenvalue weighted by atomic mass is 35.5. The number of nitrogens with zero attached hydrogens (tertiary/aromatic N) is 2. The monoisotopic (exact) mass is 288 g/mol. The van der Waals surface area contributed by atoms with Crippen molar-refractivity contribution in [3.05, 3.63) is 47.1 Å². The normalized spacial score (nSPS) is 13.9. The molecule has 3 rings (SSSR count). The molecule has 0 atom stereocenters. The molecule has 2 heterocycles. The molecule has 6 heteroatoms. The first-order chi connectivity index (χ1) is 9.70. The standard InChI is InChI=1S/C14H13ClN4O/c15-13-9(7-16)5-6-17-14(13)19-8-12(20)18-10-3-1-2-4-11(10)19/h1-6H,7-8,16H2,(H,18,20). The number of fused-ring (bicyclic) bond motifs is 1. The van der Waals surface area contributed by atoms with Crippen molar-refractivity contribution in [2.75, 3.05) is 16.8 Å². The predicted molar refractivity (Wildman–Crippen MR) is 79.2 cm³/mol. The lowest BCUT2D eigenvalue weighted by Crippen LogP contribution is -2.35. The molecule has 20 heavy (non-hydrogen) atoms. The number of aromatic nitrogens is 1. The van der Waals surface area contributed by atoms with Crippen LogP contribution in [0.4, 0.5) is 17.2 Å². The van der Waals surface area contributed by atoms with E-state index in [0.29, 0.717) is 17.4 Å². The number of hydrogen-bond acceptors (Lipinski definition) is 4. The van der Waals surface area contributed by atoms with E-state index in [-0.39, 0.29) is 12.5 Å². The second kappa shape index (κ2) is 5.11. The molecule has 0 saturated carbocycles. The topological polar surface area (TPSA) is 71.2 Å². The molecule has 1 aromatic carbocycles. The summed E-state index contributed by atoms with van der Waals surface area (Å²) in [5.74, 6) is 0.455. The van der Waals surface area contributed by atoms with Crippen LogP contribution in [0.5, 0.6) is 0 Å². The van der Waals surface area contributed by atoms with Gasteiger partial charge in [-0.25, -0.2) is 4.98 Å². The summed E-state index contributed by atoms with van der Waals surface area (Å²) < 4.78 is 0. The van der Waals surface area contributed by atoms with Crippen LogP contribution in [0.15, 0.2) is 36.5 Å². The van der Waals surface area contributed by atoms with Gasteiger partial charge in [0.2, 0.25) is 5.91 Å². The van der Waals surface area contributed by atoms with Crippen LogP contribution in [-0.2, 0) is 11.3 Å². The van der Waals surface area contributed by atoms with E-state index >= 15 is 0 Å². The summed E-state index contributed by atoms with van der Waals surface area (Å²) in [7, 11) is 0. The molecular weight excluding hydrogens is 276 g/mol. The van der Waals surface area contributed by atoms with E-state index in [1.165, 1.54) is 0 Å². The van der Waals surface area contributed by atoms with Gasteiger partial charge in [-0.05, 0) is 23.8 Å². The summed E-state index contributed by atoms with van der Waals surface area (Å²) in [6.45, 7) is 0.508. The zero-order valence-electron chi connectivity index (χ0n) is 10.6. The number of amides is 1. The number of benzene rings is 1. The second-order valence-electron chi connectivity index (χ2n) is 4.46. The molecule has 1 amide bonds. The Labute approximate surface area is 121 Å². The molecule has 0 aliphatic carbocycles. The fourth-order valence-corrected chi connectivity index (χ4v) is 2.53. The minimum atomic E-state index is -0.0975. The van der Waals surface area contributed by atoms with Crippen molar-refractivity contribution in [3.8, 4) is 0 Å². The van der Waals surface area contributed by atoms with E-state index in [4.69, 9.17) is 17.3 Å². The highest BCUT2D eigenvalue weighted by molar-refractivity contribution is 6.34. The number of nitrogens with two attached hydrogens (primary N) is 1. The molecule has 3 N–H and O–H groups in total. The third-order valence-electron chi connectivity index (χ3n) is 3.20. The molecule has 2 aromatic rings. The Balaban J connectivity index is 2.13. The molecule has 5 nitrogen and oxygen atoms in total. The highest BCUT2D eigenvalue weighted by Gasteiger charge is 2.25. The minimum absolute atomic E-state index is 0.0975. The minimum Gasteiger partial charge on any atom is -0.326 e. The van der Waals surface area contributed by atoms with Crippen LogP contribution >= 0.6 is 11.6 Å². The molecule has 0 unspecified atom stereocenters. The number of pyridine rings is 1. The van der Waals surface area contributed by atoms with Gasteiger partial charge in [0.25, 0.3) is 0 Å². The Morgan fingerprint density at radius 1 is 1.35 bits per heavy atom. The maximum atomic E-state index is 11.8. The molecule has 1 aromatic heterocycles. The average Bonchev–Trinajstić information content (AvgIpc) is 2.46. The van der Waals surface area contributed by atoms with Crippen molar-refractivity contribution in [2.24, 2.45) is 5.73 Å². The molecule has 102 valence electrons. The molecule has 0 radical (unpaired) electrons. The predicted octanol–water partition coefficient (Wildman–Crippen LogP) is 2.28. The zero-order valence-corrected chi connectivity index (χ0v) is 11.4. The fourth-order valence-electron chi connectivity index (χ4n) is 2.24. The van der Waals surface area contributed by atoms with Crippen LogP contribution in [0, 0.1) is 0 Å². The first-order valence-electron chi connectivity index (χ1n) is 6.20. The van der Waals surface area contributed by atoms with Gasteiger partial charge in [0.1, 0.15) is 6.54 Å². The van der Waals surface area contributed by atoms with Gasteiger partial charge < -0.3 is 16.0 Å². The zero-order chi connectivity index (χ0) is 14.1. The van der Waals surface area contributed by atoms with Gasteiger partial charge in [0.05, 0.1) is 16.4 Å². The maximum absolute atomic E-state index is 11.8. The van der Waals surface area contributed by atoms with Gasteiger partial charge in [0, 0.05) is 12.7 Å². The Kier molecular flexibility index (Phi) is 3.30. The van der Waals surface area contributed by atoms with Crippen LogP contribution in [0.1, 0.15) is 5.56 Å². The molecule has 0 spiro atoms. The molecular formula is C14H13ClN4O. The number of nitrogens with one attached hydrogen (secondary N) is 1. The van der Waals surface area contributed by atoms with Crippen molar-refractivity contribution in [1.29, 1.82) is 0 Å². The lowest BCUT2D eigenvalue weighted by atomic mass is 10.1. The van der Waals surface area contributed by atoms with Gasteiger partial charge in [0.15, 0.2) is 5.82 Å². The van der Waals surface area contributed by atoms with E-state index in [2.05, 4.69) is 10.3 Å². The van der Waals surface area contributed by atoms with Crippen LogP contribution in [0.3, 0.4) is 0 Å². The van der Waals surface area contributed by atoms with Crippen molar-refractivity contribution < 1.29 is 4.79 Å². The van der Waals surface area contributed by atoms with Gasteiger partial charge in [-0.2, -0.15) is 0 Å². The van der Waals surface area contributed by atoms with Crippen LogP contribution in [-0.4, -0.2) is 17.4 Å². The quantitative estimate of drug-likeness (QED) is 0.889. The number of para-hydroxylation sites is 2. The van der Waals surface area contributed by atoms with Gasteiger partial charge in [-0.3, -0.25) is 4.79 Å². The molecule has 0 bridgehead atoms. The Morgan fingerprint density at radius 2 is 2.15 bits per heavy atom. The van der Waals surface area contributed by atoms with Gasteiger partial charge in [-0.1, -0.05) is 23.7 Å². The number of halogens is 1. The lowest BCUT2D eigenvalue weighted by Gasteiger charge is -2.30. The number of anilines is 3. The number of hydrogen-bond donors (Lipinski definition) is 2. The highest BCUT2D eigenvalue weighted by Crippen LogP contribution is 2.37. The van der Waals surface area contributed by atoms with Crippen molar-refractivity contribution in [1.82, 2.24) is 4.98 Å². The summed E-state index contributed by atoms with van der Waals surface area (Å²) in [4.78, 5) is 17.9. The SMILES string of the molecule is NCc1ccnc(N2CC(=O)Nc3ccccc32)c1Cl. The van der Waals surface area contributed by atoms with Crippen molar-refractivity contribution >= 4 is 34.7 Å². The van der Waals surface area contributed by atoms with E-state index in [1.807, 2.05) is 24.3 Å². The Bertz CT molecular complexity index is 674. The first-order valence-corrected chi connectivity index (χ1v) is 6.58. The third-order valence-corrected chi connectivity index (χ3v) is 3.61. The number of carbonyl (C=O) groups excluding carboxylic acids is 1. The summed E-state index contributed by atoms with van der Waals surface area (Å²) in [6.07, 6.45) is 1.65. The molecule has 0 saturated heterocycles. The first kappa shape index (κ1) is 12.9. The van der Waals surface area contributed by atoms with Crippen LogP contribution in [0.2, 0.25) is 5.02 Å². The fraction of sp³-hybridized carbons (Fsp3) is 0.143. The average molecular weight is 289 g/mol. The summed E-state index contributed by atoms with van der Waals surface area (Å²) >= 11 is 6.34. The second-order valence-corrected chi connectivity index (χ2v) is 4.84. The maximum Gasteiger partial charge on any atom is 0.244 e. The van der Waals surface area contributed by atoms with Gasteiger partial charge >= 0.3 is 0 Å². The van der Waals surface area contributed by atoms with E-state index < -0.39 is 0 Å². The Morgan fingerprint density at radius 3 is 2.95 bits per heavy atom. The summed E-state index contributed by atoms with van der Waals surface area (Å²) in [6, 6.07) is 9.32. The van der Waals surface area contributed by atoms with Crippen molar-refractivity contribution in [2.45, 2.75) is 6.54 Å². The number of rotatable bonds is 2. The van der Waals surface area contributed by atoms with E-state index in [9.17, 15) is 4.79 Å². The third kappa shape index (κ3) is 2.11. The Hall–Kier alpha value is -2.11. The molecule has 0 fully saturated rings. The van der Waals surface area contributed by atoms with Gasteiger partial charge in [-0.15, -0.1) is 0 Å². The van der Waals surface area contributed by atoms with Crippen LogP contribution < -0.4 is 16.0 Å². The summed E-state index contributed by atoms with van der Waals surface area (Å²) in [5.41, 5.74) is 8.09. The van der Waals surface area contributed by atoms with E-state index in [1.54, 1.807) is 17.2 Å².